The number of benzene rings is 2. The molecule has 0 amide bonds. The van der Waals surface area contributed by atoms with Gasteiger partial charge in [0.05, 0.1) is 9.79 Å². The van der Waals surface area contributed by atoms with Gasteiger partial charge in [0.25, 0.3) is 0 Å². The minimum absolute atomic E-state index is 0.0712. The van der Waals surface area contributed by atoms with E-state index in [9.17, 15) is 16.8 Å². The average Bonchev–Trinajstić information content (AvgIpc) is 2.39. The molecule has 0 bridgehead atoms. The smallest absolute Gasteiger partial charge is 0.225 e. The van der Waals surface area contributed by atoms with Gasteiger partial charge in [-0.15, -0.1) is 0 Å². The highest BCUT2D eigenvalue weighted by Crippen LogP contribution is 2.12. The minimum atomic E-state index is -3.58. The molecule has 0 saturated carbocycles. The van der Waals surface area contributed by atoms with E-state index >= 15 is 0 Å². The lowest BCUT2D eigenvalue weighted by Crippen LogP contribution is -2.11. The van der Waals surface area contributed by atoms with Crippen LogP contribution in [0.4, 0.5) is 0 Å². The predicted molar refractivity (Wildman–Crippen MR) is 80.6 cm³/mol. The van der Waals surface area contributed by atoms with Crippen molar-refractivity contribution in [3.05, 3.63) is 59.6 Å². The van der Waals surface area contributed by atoms with Gasteiger partial charge in [-0.2, -0.15) is 0 Å². The second-order valence-electron chi connectivity index (χ2n) is 3.86. The van der Waals surface area contributed by atoms with Crippen LogP contribution < -0.4 is 10.3 Å². The molecule has 0 atom stereocenters. The second-order valence-corrected chi connectivity index (χ2v) is 7.42. The van der Waals surface area contributed by atoms with Gasteiger partial charge in [-0.1, -0.05) is 29.8 Å². The molecule has 0 aromatic heterocycles. The predicted octanol–water partition coefficient (Wildman–Crippen LogP) is 1.32. The van der Waals surface area contributed by atoms with Gasteiger partial charge >= 0.3 is 0 Å². The first-order valence-corrected chi connectivity index (χ1v) is 8.94. The topological polar surface area (TPSA) is 120 Å². The van der Waals surface area contributed by atoms with Crippen LogP contribution in [0.3, 0.4) is 0 Å². The molecule has 0 unspecified atom stereocenters. The van der Waals surface area contributed by atoms with Gasteiger partial charge in [0.2, 0.25) is 20.0 Å². The zero-order chi connectivity index (χ0) is 16.1. The lowest BCUT2D eigenvalue weighted by atomic mass is 10.4. The van der Waals surface area contributed by atoms with Crippen molar-refractivity contribution in [1.29, 1.82) is 0 Å². The fraction of sp³-hybridized carbons (Fsp3) is 0. The normalized spacial score (nSPS) is 11.4. The van der Waals surface area contributed by atoms with E-state index in [1.807, 2.05) is 0 Å². The molecule has 4 N–H and O–H groups in total. The molecular formula is C12H13ClN2O4S2. The van der Waals surface area contributed by atoms with Gasteiger partial charge in [0.15, 0.2) is 0 Å². The lowest BCUT2D eigenvalue weighted by Gasteiger charge is -1.95. The number of rotatable bonds is 2. The Bertz CT molecular complexity index is 789. The quantitative estimate of drug-likeness (QED) is 0.850. The monoisotopic (exact) mass is 348 g/mol. The van der Waals surface area contributed by atoms with E-state index in [-0.39, 0.29) is 9.79 Å². The molecule has 6 nitrogen and oxygen atoms in total. The third-order valence-electron chi connectivity index (χ3n) is 2.21. The van der Waals surface area contributed by atoms with Crippen LogP contribution in [0.1, 0.15) is 0 Å². The van der Waals surface area contributed by atoms with Crippen molar-refractivity contribution in [2.75, 3.05) is 0 Å². The van der Waals surface area contributed by atoms with Gasteiger partial charge in [0, 0.05) is 5.02 Å². The molecule has 2 rings (SSSR count). The molecule has 9 heteroatoms. The third kappa shape index (κ3) is 6.23. The number of primary sulfonamides is 2. The molecule has 2 aromatic carbocycles. The van der Waals surface area contributed by atoms with Crippen LogP contribution in [0.15, 0.2) is 64.4 Å². The molecule has 0 fully saturated rings. The largest absolute Gasteiger partial charge is 0.238 e. The Labute approximate surface area is 128 Å². The van der Waals surface area contributed by atoms with Crippen molar-refractivity contribution in [2.24, 2.45) is 10.3 Å². The van der Waals surface area contributed by atoms with Gasteiger partial charge < -0.3 is 0 Å². The maximum absolute atomic E-state index is 10.7. The fourth-order valence-corrected chi connectivity index (χ4v) is 2.41. The van der Waals surface area contributed by atoms with Crippen LogP contribution in [0.5, 0.6) is 0 Å². The molecule has 0 saturated heterocycles. The molecule has 0 aliphatic heterocycles. The lowest BCUT2D eigenvalue weighted by molar-refractivity contribution is 0.596. The highest BCUT2D eigenvalue weighted by Gasteiger charge is 2.05. The van der Waals surface area contributed by atoms with Crippen molar-refractivity contribution < 1.29 is 16.8 Å². The maximum atomic E-state index is 10.7. The van der Waals surface area contributed by atoms with Gasteiger partial charge in [-0.25, -0.2) is 27.1 Å². The standard InChI is InChI=1S/C6H6ClNO2S.C6H7NO2S/c7-5-1-3-6(4-2-5)11(8,9)10;7-10(8,9)6-4-2-1-3-5-6/h1-4H,(H2,8,9,10);1-5H,(H2,7,8,9). The first-order valence-electron chi connectivity index (χ1n) is 5.47. The second kappa shape index (κ2) is 7.01. The van der Waals surface area contributed by atoms with Crippen molar-refractivity contribution in [3.8, 4) is 0 Å². The van der Waals surface area contributed by atoms with Crippen molar-refractivity contribution >= 4 is 31.6 Å². The molecule has 0 aliphatic carbocycles. The van der Waals surface area contributed by atoms with Crippen LogP contribution in [-0.4, -0.2) is 16.8 Å². The van der Waals surface area contributed by atoms with Gasteiger partial charge in [-0.05, 0) is 36.4 Å². The van der Waals surface area contributed by atoms with E-state index in [0.29, 0.717) is 5.02 Å². The number of sulfonamides is 2. The number of nitrogens with two attached hydrogens (primary N) is 2. The number of hydrogen-bond donors (Lipinski definition) is 2. The zero-order valence-corrected chi connectivity index (χ0v) is 13.1. The molecular weight excluding hydrogens is 336 g/mol. The highest BCUT2D eigenvalue weighted by molar-refractivity contribution is 7.89. The molecule has 0 aliphatic rings. The van der Waals surface area contributed by atoms with E-state index < -0.39 is 20.0 Å². The highest BCUT2D eigenvalue weighted by atomic mass is 35.5. The minimum Gasteiger partial charge on any atom is -0.225 e. The SMILES string of the molecule is NS(=O)(=O)c1ccc(Cl)cc1.NS(=O)(=O)c1ccccc1. The van der Waals surface area contributed by atoms with Crippen molar-refractivity contribution in [2.45, 2.75) is 9.79 Å². The average molecular weight is 349 g/mol. The Morgan fingerprint density at radius 1 is 0.667 bits per heavy atom. The van der Waals surface area contributed by atoms with E-state index in [0.717, 1.165) is 0 Å². The Morgan fingerprint density at radius 2 is 1.05 bits per heavy atom. The molecule has 2 aromatic rings. The van der Waals surface area contributed by atoms with E-state index in [2.05, 4.69) is 0 Å². The van der Waals surface area contributed by atoms with Crippen LogP contribution >= 0.6 is 11.6 Å². The third-order valence-corrected chi connectivity index (χ3v) is 4.32. The molecule has 0 radical (unpaired) electrons. The summed E-state index contributed by atoms with van der Waals surface area (Å²) in [5.74, 6) is 0. The van der Waals surface area contributed by atoms with E-state index in [4.69, 9.17) is 21.9 Å². The van der Waals surface area contributed by atoms with Crippen molar-refractivity contribution in [1.82, 2.24) is 0 Å². The first kappa shape index (κ1) is 17.6. The summed E-state index contributed by atoms with van der Waals surface area (Å²) in [5.41, 5.74) is 0. The summed E-state index contributed by atoms with van der Waals surface area (Å²) in [4.78, 5) is 0.219. The Kier molecular flexibility index (Phi) is 5.87. The van der Waals surface area contributed by atoms with Crippen LogP contribution in [-0.2, 0) is 20.0 Å². The van der Waals surface area contributed by atoms with Crippen LogP contribution in [0.2, 0.25) is 5.02 Å². The molecule has 114 valence electrons. The Hall–Kier alpha value is -1.45. The summed E-state index contributed by atoms with van der Waals surface area (Å²) in [7, 11) is -7.08. The van der Waals surface area contributed by atoms with Crippen LogP contribution in [0, 0.1) is 0 Å². The maximum Gasteiger partial charge on any atom is 0.238 e. The first-order chi connectivity index (χ1) is 9.60. The number of hydrogen-bond acceptors (Lipinski definition) is 4. The summed E-state index contributed by atoms with van der Waals surface area (Å²) in [6.45, 7) is 0. The Balaban J connectivity index is 0.000000211. The molecule has 21 heavy (non-hydrogen) atoms. The number of halogens is 1. The van der Waals surface area contributed by atoms with Gasteiger partial charge in [-0.3, -0.25) is 0 Å². The van der Waals surface area contributed by atoms with Crippen molar-refractivity contribution in [3.63, 3.8) is 0 Å². The molecule has 0 spiro atoms. The summed E-state index contributed by atoms with van der Waals surface area (Å²) in [6, 6.07) is 13.6. The van der Waals surface area contributed by atoms with E-state index in [1.165, 1.54) is 36.4 Å². The zero-order valence-electron chi connectivity index (χ0n) is 10.7. The summed E-state index contributed by atoms with van der Waals surface area (Å²) >= 11 is 5.53. The fourth-order valence-electron chi connectivity index (χ4n) is 1.23. The summed E-state index contributed by atoms with van der Waals surface area (Å²) in [5, 5.41) is 10.1. The van der Waals surface area contributed by atoms with Crippen LogP contribution in [0.25, 0.3) is 0 Å². The summed E-state index contributed by atoms with van der Waals surface area (Å²) < 4.78 is 42.6. The summed E-state index contributed by atoms with van der Waals surface area (Å²) in [6.07, 6.45) is 0. The van der Waals surface area contributed by atoms with Gasteiger partial charge in [0.1, 0.15) is 0 Å². The molecule has 0 heterocycles. The Morgan fingerprint density at radius 3 is 1.38 bits per heavy atom. The van der Waals surface area contributed by atoms with E-state index in [1.54, 1.807) is 18.2 Å².